The predicted octanol–water partition coefficient (Wildman–Crippen LogP) is 5.47. The Balaban J connectivity index is 1.55. The zero-order valence-corrected chi connectivity index (χ0v) is 17.1. The summed E-state index contributed by atoms with van der Waals surface area (Å²) in [6, 6.07) is 19.4. The number of hydrogen-bond donors (Lipinski definition) is 1. The van der Waals surface area contributed by atoms with E-state index in [9.17, 15) is 22.8 Å². The van der Waals surface area contributed by atoms with E-state index >= 15 is 0 Å². The van der Waals surface area contributed by atoms with Gasteiger partial charge < -0.3 is 14.8 Å². The molecule has 3 rings (SSSR count). The van der Waals surface area contributed by atoms with Crippen molar-refractivity contribution in [1.82, 2.24) is 0 Å². The molecule has 3 aromatic rings. The molecule has 0 aliphatic rings. The Morgan fingerprint density at radius 2 is 1.62 bits per heavy atom. The topological polar surface area (TPSA) is 64.6 Å². The molecule has 0 aromatic heterocycles. The largest absolute Gasteiger partial charge is 0.479 e. The number of esters is 1. The van der Waals surface area contributed by atoms with Gasteiger partial charge in [-0.1, -0.05) is 36.4 Å². The Labute approximate surface area is 182 Å². The number of anilines is 1. The van der Waals surface area contributed by atoms with Gasteiger partial charge in [-0.3, -0.25) is 4.79 Å². The lowest BCUT2D eigenvalue weighted by atomic mass is 10.1. The number of ether oxygens (including phenoxy) is 2. The number of amides is 1. The molecule has 5 nitrogen and oxygen atoms in total. The number of carbonyl (C=O) groups is 2. The van der Waals surface area contributed by atoms with E-state index in [4.69, 9.17) is 9.47 Å². The van der Waals surface area contributed by atoms with Crippen molar-refractivity contribution in [3.8, 4) is 5.75 Å². The predicted molar refractivity (Wildman–Crippen MR) is 112 cm³/mol. The standard InChI is InChI=1S/C24H20F3NO4/c1-16(23(30)31-15-17-6-3-2-4-7-17)32-21-12-10-18(11-13-21)22(29)28-20-9-5-8-19(14-20)24(25,26)27/h2-14,16H,15H2,1H3,(H,28,29)/t16-/m0/s1. The highest BCUT2D eigenvalue weighted by Crippen LogP contribution is 2.30. The van der Waals surface area contributed by atoms with Crippen LogP contribution in [0.3, 0.4) is 0 Å². The number of alkyl halides is 3. The van der Waals surface area contributed by atoms with Crippen LogP contribution in [0, 0.1) is 0 Å². The van der Waals surface area contributed by atoms with Gasteiger partial charge in [-0.2, -0.15) is 13.2 Å². The first-order chi connectivity index (χ1) is 15.2. The third-order valence-electron chi connectivity index (χ3n) is 4.43. The zero-order valence-electron chi connectivity index (χ0n) is 17.1. The summed E-state index contributed by atoms with van der Waals surface area (Å²) in [6.45, 7) is 1.67. The first-order valence-electron chi connectivity index (χ1n) is 9.68. The fourth-order valence-corrected chi connectivity index (χ4v) is 2.76. The van der Waals surface area contributed by atoms with Crippen molar-refractivity contribution >= 4 is 17.6 Å². The van der Waals surface area contributed by atoms with Gasteiger partial charge in [0.1, 0.15) is 12.4 Å². The second kappa shape index (κ2) is 10.00. The Bertz CT molecular complexity index is 1070. The molecule has 32 heavy (non-hydrogen) atoms. The molecule has 0 aliphatic heterocycles. The number of carbonyl (C=O) groups excluding carboxylic acids is 2. The van der Waals surface area contributed by atoms with Crippen LogP contribution >= 0.6 is 0 Å². The van der Waals surface area contributed by atoms with E-state index in [1.165, 1.54) is 36.4 Å². The average molecular weight is 443 g/mol. The summed E-state index contributed by atoms with van der Waals surface area (Å²) in [5.74, 6) is -0.781. The van der Waals surface area contributed by atoms with Gasteiger partial charge in [-0.05, 0) is 55.0 Å². The summed E-state index contributed by atoms with van der Waals surface area (Å²) < 4.78 is 49.2. The van der Waals surface area contributed by atoms with Gasteiger partial charge in [0.15, 0.2) is 6.10 Å². The molecule has 166 valence electrons. The van der Waals surface area contributed by atoms with Crippen LogP contribution in [0.1, 0.15) is 28.4 Å². The smallest absolute Gasteiger partial charge is 0.416 e. The zero-order chi connectivity index (χ0) is 23.1. The van der Waals surface area contributed by atoms with E-state index in [1.807, 2.05) is 30.3 Å². The molecule has 0 saturated carbocycles. The van der Waals surface area contributed by atoms with Crippen molar-refractivity contribution in [3.05, 3.63) is 95.6 Å². The van der Waals surface area contributed by atoms with E-state index in [0.717, 1.165) is 17.7 Å². The number of hydrogen-bond acceptors (Lipinski definition) is 4. The Morgan fingerprint density at radius 1 is 0.938 bits per heavy atom. The van der Waals surface area contributed by atoms with E-state index in [0.29, 0.717) is 5.75 Å². The molecule has 0 spiro atoms. The van der Waals surface area contributed by atoms with E-state index in [2.05, 4.69) is 5.32 Å². The normalized spacial score (nSPS) is 12.0. The highest BCUT2D eigenvalue weighted by atomic mass is 19.4. The molecular formula is C24H20F3NO4. The maximum atomic E-state index is 12.8. The maximum absolute atomic E-state index is 12.8. The van der Waals surface area contributed by atoms with Crippen molar-refractivity contribution in [2.75, 3.05) is 5.32 Å². The number of rotatable bonds is 7. The van der Waals surface area contributed by atoms with Crippen LogP contribution in [-0.4, -0.2) is 18.0 Å². The minimum absolute atomic E-state index is 0.0277. The lowest BCUT2D eigenvalue weighted by molar-refractivity contribution is -0.152. The molecule has 3 aromatic carbocycles. The Morgan fingerprint density at radius 3 is 2.28 bits per heavy atom. The van der Waals surface area contributed by atoms with Gasteiger partial charge in [0.25, 0.3) is 5.91 Å². The van der Waals surface area contributed by atoms with Crippen LogP contribution < -0.4 is 10.1 Å². The van der Waals surface area contributed by atoms with Crippen LogP contribution in [0.25, 0.3) is 0 Å². The minimum Gasteiger partial charge on any atom is -0.479 e. The highest BCUT2D eigenvalue weighted by Gasteiger charge is 2.30. The van der Waals surface area contributed by atoms with Crippen LogP contribution in [0.4, 0.5) is 18.9 Å². The molecule has 0 saturated heterocycles. The summed E-state index contributed by atoms with van der Waals surface area (Å²) in [4.78, 5) is 24.4. The second-order valence-electron chi connectivity index (χ2n) is 6.91. The van der Waals surface area contributed by atoms with Crippen LogP contribution in [0.2, 0.25) is 0 Å². The Kier molecular flexibility index (Phi) is 7.14. The van der Waals surface area contributed by atoms with Crippen LogP contribution in [0.15, 0.2) is 78.9 Å². The molecule has 0 unspecified atom stereocenters. The van der Waals surface area contributed by atoms with Gasteiger partial charge in [0, 0.05) is 11.3 Å². The fraction of sp³-hybridized carbons (Fsp3) is 0.167. The molecular weight excluding hydrogens is 423 g/mol. The van der Waals surface area contributed by atoms with E-state index in [1.54, 1.807) is 6.92 Å². The maximum Gasteiger partial charge on any atom is 0.416 e. The van der Waals surface area contributed by atoms with Crippen LogP contribution in [0.5, 0.6) is 5.75 Å². The van der Waals surface area contributed by atoms with E-state index in [-0.39, 0.29) is 17.9 Å². The first-order valence-corrected chi connectivity index (χ1v) is 9.68. The molecule has 0 fully saturated rings. The molecule has 0 radical (unpaired) electrons. The molecule has 1 N–H and O–H groups in total. The highest BCUT2D eigenvalue weighted by molar-refractivity contribution is 6.04. The third kappa shape index (κ3) is 6.34. The van der Waals surface area contributed by atoms with Crippen molar-refractivity contribution in [3.63, 3.8) is 0 Å². The minimum atomic E-state index is -4.50. The summed E-state index contributed by atoms with van der Waals surface area (Å²) in [7, 11) is 0. The van der Waals surface area contributed by atoms with Crippen molar-refractivity contribution in [2.24, 2.45) is 0 Å². The molecule has 0 aliphatic carbocycles. The SMILES string of the molecule is C[C@H](Oc1ccc(C(=O)Nc2cccc(C(F)(F)F)c2)cc1)C(=O)OCc1ccccc1. The summed E-state index contributed by atoms with van der Waals surface area (Å²) in [6.07, 6.45) is -5.37. The fourth-order valence-electron chi connectivity index (χ4n) is 2.76. The van der Waals surface area contributed by atoms with Crippen molar-refractivity contribution in [2.45, 2.75) is 25.8 Å². The average Bonchev–Trinajstić information content (AvgIpc) is 2.78. The van der Waals surface area contributed by atoms with Gasteiger partial charge in [0.05, 0.1) is 5.56 Å². The van der Waals surface area contributed by atoms with Gasteiger partial charge in [0.2, 0.25) is 0 Å². The number of halogens is 3. The van der Waals surface area contributed by atoms with Crippen LogP contribution in [-0.2, 0) is 22.3 Å². The summed E-state index contributed by atoms with van der Waals surface area (Å²) in [5.41, 5.74) is 0.241. The molecule has 1 atom stereocenters. The van der Waals surface area contributed by atoms with Gasteiger partial charge in [-0.25, -0.2) is 4.79 Å². The monoisotopic (exact) mass is 443 g/mol. The lowest BCUT2D eigenvalue weighted by Crippen LogP contribution is -2.26. The first kappa shape index (κ1) is 22.9. The van der Waals surface area contributed by atoms with E-state index < -0.39 is 29.7 Å². The van der Waals surface area contributed by atoms with Crippen molar-refractivity contribution < 1.29 is 32.2 Å². The molecule has 0 heterocycles. The molecule has 8 heteroatoms. The van der Waals surface area contributed by atoms with Crippen molar-refractivity contribution in [1.29, 1.82) is 0 Å². The summed E-state index contributed by atoms with van der Waals surface area (Å²) in [5, 5.41) is 2.43. The number of benzene rings is 3. The lowest BCUT2D eigenvalue weighted by Gasteiger charge is -2.14. The number of nitrogens with one attached hydrogen (secondary N) is 1. The summed E-state index contributed by atoms with van der Waals surface area (Å²) >= 11 is 0. The Hall–Kier alpha value is -3.81. The quantitative estimate of drug-likeness (QED) is 0.492. The van der Waals surface area contributed by atoms with Gasteiger partial charge in [-0.15, -0.1) is 0 Å². The molecule has 0 bridgehead atoms. The molecule has 1 amide bonds. The second-order valence-corrected chi connectivity index (χ2v) is 6.91. The third-order valence-corrected chi connectivity index (χ3v) is 4.43. The van der Waals surface area contributed by atoms with Gasteiger partial charge >= 0.3 is 12.1 Å².